The summed E-state index contributed by atoms with van der Waals surface area (Å²) in [5.74, 6) is -0.0640. The monoisotopic (exact) mass is 395 g/mol. The summed E-state index contributed by atoms with van der Waals surface area (Å²) in [6, 6.07) is 13.9. The van der Waals surface area contributed by atoms with Crippen LogP contribution in [-0.2, 0) is 0 Å². The van der Waals surface area contributed by atoms with E-state index in [0.29, 0.717) is 12.1 Å². The highest BCUT2D eigenvalue weighted by Gasteiger charge is 2.19. The minimum atomic E-state index is -0.0640. The first-order chi connectivity index (χ1) is 13.8. The largest absolute Gasteiger partial charge is 0.352 e. The number of hydrogen-bond acceptors (Lipinski definition) is 5. The second-order valence-corrected chi connectivity index (χ2v) is 7.80. The van der Waals surface area contributed by atoms with Crippen molar-refractivity contribution in [2.24, 2.45) is 0 Å². The zero-order valence-corrected chi connectivity index (χ0v) is 16.6. The zero-order valence-electron chi connectivity index (χ0n) is 15.8. The van der Waals surface area contributed by atoms with Gasteiger partial charge >= 0.3 is 0 Å². The van der Waals surface area contributed by atoms with Crippen LogP contribution in [0, 0.1) is 0 Å². The molecule has 146 valence electrons. The van der Waals surface area contributed by atoms with E-state index >= 15 is 0 Å². The molecule has 0 bridgehead atoms. The van der Waals surface area contributed by atoms with Gasteiger partial charge in [-0.2, -0.15) is 5.10 Å². The molecule has 3 heterocycles. The summed E-state index contributed by atoms with van der Waals surface area (Å²) in [7, 11) is 0. The van der Waals surface area contributed by atoms with E-state index in [1.54, 1.807) is 16.0 Å². The third-order valence-electron chi connectivity index (χ3n) is 4.88. The number of nitrogens with zero attached hydrogens (tertiary/aromatic N) is 3. The van der Waals surface area contributed by atoms with Crippen LogP contribution in [0.5, 0.6) is 0 Å². The molecule has 4 rings (SSSR count). The molecule has 1 aromatic carbocycles. The Hall–Kier alpha value is -2.48. The fourth-order valence-corrected chi connectivity index (χ4v) is 4.11. The van der Waals surface area contributed by atoms with Gasteiger partial charge in [0, 0.05) is 38.9 Å². The first-order valence-corrected chi connectivity index (χ1v) is 10.6. The van der Waals surface area contributed by atoms with Gasteiger partial charge in [-0.05, 0) is 36.5 Å². The molecule has 1 aliphatic rings. The van der Waals surface area contributed by atoms with Crippen molar-refractivity contribution in [3.8, 4) is 16.3 Å². The molecule has 1 saturated heterocycles. The van der Waals surface area contributed by atoms with E-state index in [1.165, 1.54) is 0 Å². The van der Waals surface area contributed by atoms with Crippen LogP contribution in [0.2, 0.25) is 0 Å². The van der Waals surface area contributed by atoms with Gasteiger partial charge < -0.3 is 15.5 Å². The van der Waals surface area contributed by atoms with Crippen LogP contribution in [-0.4, -0.2) is 59.9 Å². The normalized spacial score (nSPS) is 14.9. The van der Waals surface area contributed by atoms with Crippen LogP contribution in [0.3, 0.4) is 0 Å². The maximum Gasteiger partial charge on any atom is 0.255 e. The van der Waals surface area contributed by atoms with E-state index in [9.17, 15) is 4.79 Å². The van der Waals surface area contributed by atoms with Crippen LogP contribution in [0.15, 0.2) is 54.0 Å². The Kier molecular flexibility index (Phi) is 6.16. The zero-order chi connectivity index (χ0) is 19.2. The molecule has 28 heavy (non-hydrogen) atoms. The van der Waals surface area contributed by atoms with E-state index in [-0.39, 0.29) is 5.91 Å². The number of amides is 1. The molecule has 0 aliphatic carbocycles. The number of nitrogens with one attached hydrogen (secondary N) is 2. The molecule has 6 nitrogen and oxygen atoms in total. The Balaban J connectivity index is 1.44. The number of thiophene rings is 1. The van der Waals surface area contributed by atoms with Gasteiger partial charge in [-0.1, -0.05) is 24.3 Å². The van der Waals surface area contributed by atoms with Crippen molar-refractivity contribution in [3.05, 3.63) is 59.6 Å². The maximum atomic E-state index is 12.9. The molecule has 1 fully saturated rings. The minimum absolute atomic E-state index is 0.0640. The molecule has 0 spiro atoms. The summed E-state index contributed by atoms with van der Waals surface area (Å²) in [4.78, 5) is 16.3. The Morgan fingerprint density at radius 1 is 1.14 bits per heavy atom. The third kappa shape index (κ3) is 4.49. The third-order valence-corrected chi connectivity index (χ3v) is 5.76. The van der Waals surface area contributed by atoms with Crippen LogP contribution in [0.1, 0.15) is 16.8 Å². The van der Waals surface area contributed by atoms with Gasteiger partial charge in [0.1, 0.15) is 5.69 Å². The molecule has 0 radical (unpaired) electrons. The first-order valence-electron chi connectivity index (χ1n) is 9.71. The Morgan fingerprint density at radius 3 is 2.71 bits per heavy atom. The number of carbonyl (C=O) groups is 1. The number of piperazine rings is 1. The van der Waals surface area contributed by atoms with E-state index in [0.717, 1.165) is 55.4 Å². The molecular formula is C21H25N5OS. The molecular weight excluding hydrogens is 370 g/mol. The number of carbonyl (C=O) groups excluding carboxylic acids is 1. The lowest BCUT2D eigenvalue weighted by Crippen LogP contribution is -2.44. The molecule has 1 aliphatic heterocycles. The molecule has 0 atom stereocenters. The second kappa shape index (κ2) is 9.14. The van der Waals surface area contributed by atoms with E-state index < -0.39 is 0 Å². The van der Waals surface area contributed by atoms with Gasteiger partial charge in [0.05, 0.1) is 16.1 Å². The number of aromatic nitrogens is 2. The van der Waals surface area contributed by atoms with Crippen molar-refractivity contribution in [1.82, 2.24) is 25.3 Å². The van der Waals surface area contributed by atoms with Crippen molar-refractivity contribution >= 4 is 17.2 Å². The highest BCUT2D eigenvalue weighted by Crippen LogP contribution is 2.27. The fourth-order valence-electron chi connectivity index (χ4n) is 3.38. The molecule has 7 heteroatoms. The van der Waals surface area contributed by atoms with Crippen LogP contribution in [0.4, 0.5) is 0 Å². The van der Waals surface area contributed by atoms with Crippen molar-refractivity contribution in [2.45, 2.75) is 6.42 Å². The summed E-state index contributed by atoms with van der Waals surface area (Å²) in [6.07, 6.45) is 2.78. The first kappa shape index (κ1) is 18.9. The summed E-state index contributed by atoms with van der Waals surface area (Å²) < 4.78 is 1.78. The Bertz CT molecular complexity index is 885. The van der Waals surface area contributed by atoms with Crippen molar-refractivity contribution in [2.75, 3.05) is 39.3 Å². The lowest BCUT2D eigenvalue weighted by molar-refractivity contribution is 0.0952. The van der Waals surface area contributed by atoms with E-state index in [1.807, 2.05) is 54.0 Å². The lowest BCUT2D eigenvalue weighted by atomic mass is 10.2. The number of hydrogen-bond donors (Lipinski definition) is 2. The van der Waals surface area contributed by atoms with Crippen LogP contribution in [0.25, 0.3) is 16.3 Å². The standard InChI is InChI=1S/C21H25N5OS/c27-21(23-9-5-12-25-13-10-22-11-14-25)18-16-26(17-6-2-1-3-7-17)24-20(18)19-8-4-15-28-19/h1-4,6-8,15-16,22H,5,9-14H2,(H,23,27). The Labute approximate surface area is 169 Å². The summed E-state index contributed by atoms with van der Waals surface area (Å²) in [5.41, 5.74) is 2.30. The summed E-state index contributed by atoms with van der Waals surface area (Å²) in [5, 5.41) is 13.1. The number of para-hydroxylation sites is 1. The average molecular weight is 396 g/mol. The molecule has 1 amide bonds. The molecule has 0 unspecified atom stereocenters. The van der Waals surface area contributed by atoms with Crippen molar-refractivity contribution in [3.63, 3.8) is 0 Å². The molecule has 3 aromatic rings. The Morgan fingerprint density at radius 2 is 1.96 bits per heavy atom. The topological polar surface area (TPSA) is 62.2 Å². The molecule has 2 aromatic heterocycles. The maximum absolute atomic E-state index is 12.9. The number of benzene rings is 1. The van der Waals surface area contributed by atoms with E-state index in [2.05, 4.69) is 15.5 Å². The summed E-state index contributed by atoms with van der Waals surface area (Å²) >= 11 is 1.59. The van der Waals surface area contributed by atoms with Crippen molar-refractivity contribution in [1.29, 1.82) is 0 Å². The average Bonchev–Trinajstić information content (AvgIpc) is 3.42. The van der Waals surface area contributed by atoms with E-state index in [4.69, 9.17) is 5.10 Å². The fraction of sp³-hybridized carbons (Fsp3) is 0.333. The van der Waals surface area contributed by atoms with Crippen LogP contribution >= 0.6 is 11.3 Å². The van der Waals surface area contributed by atoms with Crippen molar-refractivity contribution < 1.29 is 4.79 Å². The van der Waals surface area contributed by atoms with Gasteiger partial charge in [-0.3, -0.25) is 4.79 Å². The minimum Gasteiger partial charge on any atom is -0.352 e. The highest BCUT2D eigenvalue weighted by atomic mass is 32.1. The highest BCUT2D eigenvalue weighted by molar-refractivity contribution is 7.13. The van der Waals surface area contributed by atoms with Gasteiger partial charge in [0.2, 0.25) is 0 Å². The smallest absolute Gasteiger partial charge is 0.255 e. The quantitative estimate of drug-likeness (QED) is 0.604. The van der Waals surface area contributed by atoms with Crippen LogP contribution < -0.4 is 10.6 Å². The SMILES string of the molecule is O=C(NCCCN1CCNCC1)c1cn(-c2ccccc2)nc1-c1cccs1. The van der Waals surface area contributed by atoms with Gasteiger partial charge in [0.15, 0.2) is 0 Å². The number of rotatable bonds is 7. The lowest BCUT2D eigenvalue weighted by Gasteiger charge is -2.27. The molecule has 2 N–H and O–H groups in total. The second-order valence-electron chi connectivity index (χ2n) is 6.85. The predicted molar refractivity (Wildman–Crippen MR) is 113 cm³/mol. The van der Waals surface area contributed by atoms with Gasteiger partial charge in [-0.15, -0.1) is 11.3 Å². The summed E-state index contributed by atoms with van der Waals surface area (Å²) in [6.45, 7) is 5.96. The van der Waals surface area contributed by atoms with Gasteiger partial charge in [-0.25, -0.2) is 4.68 Å². The van der Waals surface area contributed by atoms with Gasteiger partial charge in [0.25, 0.3) is 5.91 Å². The predicted octanol–water partition coefficient (Wildman–Crippen LogP) is 2.63. The molecule has 0 saturated carbocycles.